The number of benzene rings is 2. The molecule has 0 aliphatic heterocycles. The topological polar surface area (TPSA) is 0 Å². The normalized spacial score (nSPS) is 25.2. The van der Waals surface area contributed by atoms with E-state index in [2.05, 4.69) is 126 Å². The number of rotatable bonds is 1. The van der Waals surface area contributed by atoms with E-state index in [0.29, 0.717) is 5.41 Å². The van der Waals surface area contributed by atoms with Crippen molar-refractivity contribution in [1.82, 2.24) is 0 Å². The van der Waals surface area contributed by atoms with E-state index < -0.39 is 0 Å². The molecule has 46 heavy (non-hydrogen) atoms. The van der Waals surface area contributed by atoms with Crippen LogP contribution in [0.1, 0.15) is 139 Å². The van der Waals surface area contributed by atoms with Gasteiger partial charge in [0, 0.05) is 0 Å². The van der Waals surface area contributed by atoms with Crippen LogP contribution in [0.15, 0.2) is 36.4 Å². The summed E-state index contributed by atoms with van der Waals surface area (Å²) in [4.78, 5) is 0. The summed E-state index contributed by atoms with van der Waals surface area (Å²) in [7, 11) is 0. The van der Waals surface area contributed by atoms with Crippen LogP contribution in [0.2, 0.25) is 0 Å². The quantitative estimate of drug-likeness (QED) is 0.228. The minimum absolute atomic E-state index is 0. The molecule has 0 radical (unpaired) electrons. The van der Waals surface area contributed by atoms with Crippen molar-refractivity contribution >= 4 is 3.21 Å². The Morgan fingerprint density at radius 1 is 0.783 bits per heavy atom. The maximum absolute atomic E-state index is 3.69. The summed E-state index contributed by atoms with van der Waals surface area (Å²) >= 11 is 1.55. The molecule has 5 aliphatic carbocycles. The van der Waals surface area contributed by atoms with E-state index in [1.54, 1.807) is 36.2 Å². The van der Waals surface area contributed by atoms with Crippen LogP contribution in [0.5, 0.6) is 0 Å². The smallest absolute Gasteiger partial charge is 0.0129 e. The third-order valence-corrected chi connectivity index (χ3v) is 11.4. The molecule has 4 saturated carbocycles. The standard InChI is InChI=1S/C23H29.C17H23.C3H6.2ClH.Zr/c1-14-9-16-11-17-10-15(2)21(23(6,7)8)13-19(17)18(16)12-20(14)22(3,4)5;1-11-3-4-14(5-11)17(2)15-7-12-6-13(9-15)10-16(17)8-12;1-3-2;;;/h9,12-13H,11H2,1-8H3;3-5,12-13,15-16H,6-10H2,1-2H3;1-2H3;2*1H;/q2*-1;;;;+2/p-2. The monoisotopic (exact) mass is 734 g/mol. The van der Waals surface area contributed by atoms with E-state index >= 15 is 0 Å². The van der Waals surface area contributed by atoms with E-state index in [1.807, 2.05) is 0 Å². The van der Waals surface area contributed by atoms with Crippen molar-refractivity contribution in [1.29, 1.82) is 0 Å². The first-order valence-corrected chi connectivity index (χ1v) is 18.6. The van der Waals surface area contributed by atoms with Crippen LogP contribution in [0.25, 0.3) is 11.1 Å². The van der Waals surface area contributed by atoms with Gasteiger partial charge in [0.1, 0.15) is 0 Å². The Morgan fingerprint density at radius 2 is 1.28 bits per heavy atom. The zero-order chi connectivity index (χ0) is 32.4. The van der Waals surface area contributed by atoms with E-state index in [-0.39, 0.29) is 35.6 Å². The van der Waals surface area contributed by atoms with Gasteiger partial charge in [-0.15, -0.1) is 16.7 Å². The zero-order valence-electron chi connectivity index (χ0n) is 30.8. The minimum Gasteiger partial charge on any atom is -1.00 e. The van der Waals surface area contributed by atoms with Crippen LogP contribution in [-0.4, -0.2) is 3.21 Å². The molecular weight excluding hydrogens is 679 g/mol. The molecule has 0 amide bonds. The van der Waals surface area contributed by atoms with Crippen LogP contribution >= 0.6 is 0 Å². The first-order valence-electron chi connectivity index (χ1n) is 17.3. The summed E-state index contributed by atoms with van der Waals surface area (Å²) in [5, 5.41) is 0. The number of fused-ring (bicyclic) bond motifs is 3. The largest absolute Gasteiger partial charge is 1.00 e. The van der Waals surface area contributed by atoms with Gasteiger partial charge in [0.05, 0.1) is 0 Å². The fourth-order valence-electron chi connectivity index (χ4n) is 9.56. The summed E-state index contributed by atoms with van der Waals surface area (Å²) in [6.45, 7) is 27.3. The van der Waals surface area contributed by atoms with Gasteiger partial charge in [-0.25, -0.2) is 6.07 Å². The molecule has 3 aromatic rings. The Kier molecular flexibility index (Phi) is 12.5. The second-order valence-corrected chi connectivity index (χ2v) is 19.9. The average molecular weight is 737 g/mol. The van der Waals surface area contributed by atoms with Crippen molar-refractivity contribution in [2.75, 3.05) is 0 Å². The maximum atomic E-state index is 3.69. The van der Waals surface area contributed by atoms with Crippen molar-refractivity contribution in [3.63, 3.8) is 0 Å². The van der Waals surface area contributed by atoms with Gasteiger partial charge in [0.2, 0.25) is 0 Å². The first-order chi connectivity index (χ1) is 20.4. The number of aryl methyl sites for hydroxylation is 3. The summed E-state index contributed by atoms with van der Waals surface area (Å²) in [5.74, 6) is 4.14. The van der Waals surface area contributed by atoms with Gasteiger partial charge in [-0.1, -0.05) is 90.8 Å². The van der Waals surface area contributed by atoms with Crippen LogP contribution in [0.3, 0.4) is 0 Å². The zero-order valence-corrected chi connectivity index (χ0v) is 34.7. The first kappa shape index (κ1) is 39.6. The van der Waals surface area contributed by atoms with Crippen molar-refractivity contribution in [3.05, 3.63) is 87.0 Å². The van der Waals surface area contributed by atoms with Gasteiger partial charge >= 0.3 is 41.3 Å². The van der Waals surface area contributed by atoms with Gasteiger partial charge in [0.15, 0.2) is 0 Å². The molecular formula is C43H58Cl2Zr-2. The van der Waals surface area contributed by atoms with Crippen LogP contribution in [-0.2, 0) is 46.9 Å². The Bertz CT molecular complexity index is 1440. The van der Waals surface area contributed by atoms with Crippen molar-refractivity contribution < 1.29 is 49.0 Å². The fourth-order valence-corrected chi connectivity index (χ4v) is 9.56. The van der Waals surface area contributed by atoms with Gasteiger partial charge in [-0.3, -0.25) is 0 Å². The molecule has 4 fully saturated rings. The average Bonchev–Trinajstić information content (AvgIpc) is 3.47. The third-order valence-electron chi connectivity index (χ3n) is 11.4. The maximum Gasteiger partial charge on any atom is -0.0129 e. The molecule has 0 aromatic heterocycles. The molecule has 8 rings (SSSR count). The van der Waals surface area contributed by atoms with E-state index in [1.165, 1.54) is 79.0 Å². The summed E-state index contributed by atoms with van der Waals surface area (Å²) < 4.78 is 1.51. The Hall–Kier alpha value is -0.877. The molecule has 0 nitrogen and oxygen atoms in total. The predicted octanol–water partition coefficient (Wildman–Crippen LogP) is 5.45. The Balaban J connectivity index is 0.000000222. The molecule has 0 heterocycles. The SMILES string of the molecule is C[C](C)=[Zr+2].Cc1[c-]c2c(cc1C(C)(C)C)-c1cc(C(C)(C)C)c(C)cc1C2.Cc1cc(C2(C)C3CC4CC(C3)CC2C4)c[cH-]1.[Cl-].[Cl-]. The van der Waals surface area contributed by atoms with Gasteiger partial charge in [-0.2, -0.15) is 41.0 Å². The number of hydrogen-bond acceptors (Lipinski definition) is 0. The van der Waals surface area contributed by atoms with Crippen LogP contribution < -0.4 is 24.8 Å². The van der Waals surface area contributed by atoms with E-state index in [4.69, 9.17) is 0 Å². The van der Waals surface area contributed by atoms with Crippen LogP contribution in [0, 0.1) is 50.5 Å². The second-order valence-electron chi connectivity index (χ2n) is 17.5. The summed E-state index contributed by atoms with van der Waals surface area (Å²) in [6.07, 6.45) is 8.67. The van der Waals surface area contributed by atoms with E-state index in [9.17, 15) is 0 Å². The molecule has 3 heteroatoms. The molecule has 0 unspecified atom stereocenters. The molecule has 3 aromatic carbocycles. The Labute approximate surface area is 309 Å². The van der Waals surface area contributed by atoms with Crippen molar-refractivity contribution in [2.24, 2.45) is 23.7 Å². The third kappa shape index (κ3) is 7.95. The van der Waals surface area contributed by atoms with Gasteiger partial charge in [0.25, 0.3) is 0 Å². The van der Waals surface area contributed by atoms with E-state index in [0.717, 1.165) is 30.1 Å². The minimum atomic E-state index is 0. The number of halogens is 2. The van der Waals surface area contributed by atoms with Crippen molar-refractivity contribution in [3.8, 4) is 11.1 Å². The molecule has 0 saturated heterocycles. The predicted molar refractivity (Wildman–Crippen MR) is 188 cm³/mol. The molecule has 0 atom stereocenters. The summed E-state index contributed by atoms with van der Waals surface area (Å²) in [6, 6.07) is 18.1. The number of hydrogen-bond donors (Lipinski definition) is 0. The van der Waals surface area contributed by atoms with Gasteiger partial charge < -0.3 is 24.8 Å². The van der Waals surface area contributed by atoms with Gasteiger partial charge in [-0.05, 0) is 91.2 Å². The fraction of sp³-hybridized carbons (Fsp3) is 0.581. The second kappa shape index (κ2) is 14.5. The molecule has 250 valence electrons. The molecule has 0 N–H and O–H groups in total. The van der Waals surface area contributed by atoms with Crippen LogP contribution in [0.4, 0.5) is 0 Å². The summed E-state index contributed by atoms with van der Waals surface area (Å²) in [5.41, 5.74) is 15.2. The molecule has 5 aliphatic rings. The molecule has 4 bridgehead atoms. The van der Waals surface area contributed by atoms with Crippen molar-refractivity contribution in [2.45, 2.75) is 138 Å². The molecule has 0 spiro atoms. The Morgan fingerprint density at radius 3 is 1.74 bits per heavy atom.